The van der Waals surface area contributed by atoms with Gasteiger partial charge >= 0.3 is 5.97 Å². The van der Waals surface area contributed by atoms with Gasteiger partial charge in [-0.2, -0.15) is 0 Å². The Morgan fingerprint density at radius 2 is 1.91 bits per heavy atom. The fraction of sp³-hybridized carbons (Fsp3) is 0.312. The zero-order valence-corrected chi connectivity index (χ0v) is 13.4. The van der Waals surface area contributed by atoms with Crippen molar-refractivity contribution in [1.29, 1.82) is 0 Å². The van der Waals surface area contributed by atoms with Crippen LogP contribution in [0, 0.1) is 0 Å². The first-order valence-electron chi connectivity index (χ1n) is 6.75. The molecule has 0 atom stereocenters. The highest BCUT2D eigenvalue weighted by Gasteiger charge is 2.17. The summed E-state index contributed by atoms with van der Waals surface area (Å²) in [7, 11) is 0. The Hall–Kier alpha value is -2.14. The van der Waals surface area contributed by atoms with E-state index in [4.69, 9.17) is 21.1 Å². The van der Waals surface area contributed by atoms with E-state index in [0.29, 0.717) is 10.8 Å². The highest BCUT2D eigenvalue weighted by atomic mass is 35.5. The van der Waals surface area contributed by atoms with E-state index in [1.807, 2.05) is 0 Å². The van der Waals surface area contributed by atoms with E-state index in [1.165, 1.54) is 6.33 Å². The van der Waals surface area contributed by atoms with Gasteiger partial charge in [0.05, 0.1) is 0 Å². The largest absolute Gasteiger partial charge is 0.481 e. The summed E-state index contributed by atoms with van der Waals surface area (Å²) in [4.78, 5) is 19.7. The molecular formula is C16H17ClN2O3. The first-order valence-corrected chi connectivity index (χ1v) is 7.12. The Labute approximate surface area is 134 Å². The number of halogens is 1. The molecule has 2 rings (SSSR count). The van der Waals surface area contributed by atoms with E-state index < -0.39 is 11.6 Å². The standard InChI is InChI=1S/C16H17ClN2O3/c1-16(2,3)22-15(20)9-21-14-5-4-12(17)6-13(14)11-7-18-10-19-8-11/h4-8,10H,9H2,1-3H3. The number of esters is 1. The number of carbonyl (C=O) groups excluding carboxylic acids is 1. The predicted octanol–water partition coefficient (Wildman–Crippen LogP) is 3.52. The number of carbonyl (C=O) groups is 1. The molecule has 5 nitrogen and oxygen atoms in total. The van der Waals surface area contributed by atoms with Gasteiger partial charge < -0.3 is 9.47 Å². The maximum atomic E-state index is 11.7. The van der Waals surface area contributed by atoms with Gasteiger partial charge in [-0.15, -0.1) is 0 Å². The van der Waals surface area contributed by atoms with Crippen molar-refractivity contribution in [3.8, 4) is 16.9 Å². The second kappa shape index (κ2) is 6.75. The third-order valence-electron chi connectivity index (χ3n) is 2.58. The third-order valence-corrected chi connectivity index (χ3v) is 2.81. The molecular weight excluding hydrogens is 304 g/mol. The monoisotopic (exact) mass is 320 g/mol. The SMILES string of the molecule is CC(C)(C)OC(=O)COc1ccc(Cl)cc1-c1cncnc1. The Morgan fingerprint density at radius 3 is 2.55 bits per heavy atom. The normalized spacial score (nSPS) is 11.1. The fourth-order valence-corrected chi connectivity index (χ4v) is 1.97. The smallest absolute Gasteiger partial charge is 0.344 e. The van der Waals surface area contributed by atoms with Gasteiger partial charge in [-0.1, -0.05) is 11.6 Å². The first kappa shape index (κ1) is 16.2. The van der Waals surface area contributed by atoms with Crippen LogP contribution in [-0.4, -0.2) is 28.1 Å². The summed E-state index contributed by atoms with van der Waals surface area (Å²) in [5.74, 6) is 0.0859. The van der Waals surface area contributed by atoms with Gasteiger partial charge in [-0.3, -0.25) is 0 Å². The molecule has 22 heavy (non-hydrogen) atoms. The second-order valence-electron chi connectivity index (χ2n) is 5.64. The Bertz CT molecular complexity index is 654. The molecule has 0 saturated heterocycles. The number of benzene rings is 1. The van der Waals surface area contributed by atoms with Gasteiger partial charge in [-0.05, 0) is 39.0 Å². The molecule has 0 bridgehead atoms. The molecule has 0 fully saturated rings. The van der Waals surface area contributed by atoms with Crippen molar-refractivity contribution < 1.29 is 14.3 Å². The van der Waals surface area contributed by atoms with Crippen LogP contribution >= 0.6 is 11.6 Å². The highest BCUT2D eigenvalue weighted by molar-refractivity contribution is 6.31. The van der Waals surface area contributed by atoms with Gasteiger partial charge in [-0.25, -0.2) is 14.8 Å². The lowest BCUT2D eigenvalue weighted by Gasteiger charge is -2.20. The average molecular weight is 321 g/mol. The number of hydrogen-bond donors (Lipinski definition) is 0. The van der Waals surface area contributed by atoms with Crippen molar-refractivity contribution >= 4 is 17.6 Å². The molecule has 2 aromatic rings. The molecule has 6 heteroatoms. The lowest BCUT2D eigenvalue weighted by Crippen LogP contribution is -2.27. The summed E-state index contributed by atoms with van der Waals surface area (Å²) < 4.78 is 10.8. The molecule has 0 spiro atoms. The van der Waals surface area contributed by atoms with E-state index in [0.717, 1.165) is 11.1 Å². The minimum atomic E-state index is -0.545. The lowest BCUT2D eigenvalue weighted by molar-refractivity contribution is -0.157. The molecule has 0 aliphatic carbocycles. The van der Waals surface area contributed by atoms with Crippen molar-refractivity contribution in [2.45, 2.75) is 26.4 Å². The van der Waals surface area contributed by atoms with Crippen LogP contribution in [0.15, 0.2) is 36.9 Å². The van der Waals surface area contributed by atoms with Gasteiger partial charge in [0.15, 0.2) is 6.61 Å². The van der Waals surface area contributed by atoms with E-state index in [9.17, 15) is 4.79 Å². The maximum Gasteiger partial charge on any atom is 0.344 e. The van der Waals surface area contributed by atoms with Crippen LogP contribution in [0.3, 0.4) is 0 Å². The van der Waals surface area contributed by atoms with Gasteiger partial charge in [0.1, 0.15) is 17.7 Å². The van der Waals surface area contributed by atoms with Crippen LogP contribution in [0.2, 0.25) is 5.02 Å². The third kappa shape index (κ3) is 4.70. The number of ether oxygens (including phenoxy) is 2. The summed E-state index contributed by atoms with van der Waals surface area (Å²) in [5.41, 5.74) is 0.928. The van der Waals surface area contributed by atoms with Crippen molar-refractivity contribution in [1.82, 2.24) is 9.97 Å². The van der Waals surface area contributed by atoms with Gasteiger partial charge in [0.25, 0.3) is 0 Å². The van der Waals surface area contributed by atoms with Crippen molar-refractivity contribution in [2.24, 2.45) is 0 Å². The lowest BCUT2D eigenvalue weighted by atomic mass is 10.1. The van der Waals surface area contributed by atoms with Crippen LogP contribution in [0.25, 0.3) is 11.1 Å². The van der Waals surface area contributed by atoms with E-state index in [-0.39, 0.29) is 6.61 Å². The summed E-state index contributed by atoms with van der Waals surface area (Å²) in [6.45, 7) is 5.24. The molecule has 0 N–H and O–H groups in total. The summed E-state index contributed by atoms with van der Waals surface area (Å²) in [6.07, 6.45) is 4.74. The molecule has 0 aliphatic heterocycles. The number of aromatic nitrogens is 2. The zero-order valence-electron chi connectivity index (χ0n) is 12.7. The van der Waals surface area contributed by atoms with E-state index >= 15 is 0 Å². The zero-order chi connectivity index (χ0) is 16.2. The molecule has 116 valence electrons. The molecule has 0 unspecified atom stereocenters. The fourth-order valence-electron chi connectivity index (χ4n) is 1.80. The summed E-state index contributed by atoms with van der Waals surface area (Å²) >= 11 is 6.03. The number of rotatable bonds is 4. The Balaban J connectivity index is 2.16. The molecule has 1 aromatic carbocycles. The summed E-state index contributed by atoms with van der Waals surface area (Å²) in [6, 6.07) is 5.14. The van der Waals surface area contributed by atoms with Gasteiger partial charge in [0.2, 0.25) is 0 Å². The molecule has 0 radical (unpaired) electrons. The predicted molar refractivity (Wildman–Crippen MR) is 83.8 cm³/mol. The quantitative estimate of drug-likeness (QED) is 0.807. The van der Waals surface area contributed by atoms with Crippen LogP contribution < -0.4 is 4.74 Å². The van der Waals surface area contributed by atoms with Crippen molar-refractivity contribution in [3.63, 3.8) is 0 Å². The van der Waals surface area contributed by atoms with Crippen LogP contribution in [0.5, 0.6) is 5.75 Å². The highest BCUT2D eigenvalue weighted by Crippen LogP contribution is 2.31. The molecule has 0 saturated carbocycles. The van der Waals surface area contributed by atoms with Crippen molar-refractivity contribution in [3.05, 3.63) is 41.9 Å². The molecule has 1 aromatic heterocycles. The van der Waals surface area contributed by atoms with Crippen molar-refractivity contribution in [2.75, 3.05) is 6.61 Å². The second-order valence-corrected chi connectivity index (χ2v) is 6.08. The number of nitrogens with zero attached hydrogens (tertiary/aromatic N) is 2. The molecule has 0 aliphatic rings. The van der Waals surface area contributed by atoms with E-state index in [1.54, 1.807) is 51.4 Å². The van der Waals surface area contributed by atoms with Crippen LogP contribution in [-0.2, 0) is 9.53 Å². The summed E-state index contributed by atoms with van der Waals surface area (Å²) in [5, 5.41) is 0.559. The first-order chi connectivity index (χ1) is 10.3. The molecule has 1 heterocycles. The molecule has 0 amide bonds. The average Bonchev–Trinajstić information content (AvgIpc) is 2.45. The maximum absolute atomic E-state index is 11.7. The minimum Gasteiger partial charge on any atom is -0.481 e. The Kier molecular flexibility index (Phi) is 4.98. The minimum absolute atomic E-state index is 0.181. The topological polar surface area (TPSA) is 61.3 Å². The Morgan fingerprint density at radius 1 is 1.23 bits per heavy atom. The number of hydrogen-bond acceptors (Lipinski definition) is 5. The van der Waals surface area contributed by atoms with E-state index in [2.05, 4.69) is 9.97 Å². The van der Waals surface area contributed by atoms with Gasteiger partial charge in [0, 0.05) is 28.5 Å². The van der Waals surface area contributed by atoms with Crippen LogP contribution in [0.4, 0.5) is 0 Å². The van der Waals surface area contributed by atoms with Crippen LogP contribution in [0.1, 0.15) is 20.8 Å².